The van der Waals surface area contributed by atoms with E-state index in [4.69, 9.17) is 9.47 Å². The molecule has 2 N–H and O–H groups in total. The Morgan fingerprint density at radius 2 is 1.90 bits per heavy atom. The lowest BCUT2D eigenvalue weighted by molar-refractivity contribution is -0.121. The SMILES string of the molecule is CCC(NC(=O)CNCCOC)c1ccc(OC)cc1.Cl. The normalized spacial score (nSPS) is 11.4. The molecule has 1 aromatic rings. The van der Waals surface area contributed by atoms with Crippen LogP contribution in [0, 0.1) is 0 Å². The first-order valence-electron chi connectivity index (χ1n) is 6.84. The number of hydrogen-bond donors (Lipinski definition) is 2. The first-order valence-corrected chi connectivity index (χ1v) is 6.84. The minimum atomic E-state index is -0.0104. The van der Waals surface area contributed by atoms with Gasteiger partial charge in [0.1, 0.15) is 5.75 Å². The van der Waals surface area contributed by atoms with E-state index in [9.17, 15) is 4.79 Å². The highest BCUT2D eigenvalue weighted by Gasteiger charge is 2.12. The molecule has 1 rings (SSSR count). The maximum absolute atomic E-state index is 11.8. The van der Waals surface area contributed by atoms with Gasteiger partial charge < -0.3 is 20.1 Å². The van der Waals surface area contributed by atoms with E-state index >= 15 is 0 Å². The molecule has 1 unspecified atom stereocenters. The Morgan fingerprint density at radius 1 is 1.24 bits per heavy atom. The summed E-state index contributed by atoms with van der Waals surface area (Å²) in [6.45, 7) is 3.62. The largest absolute Gasteiger partial charge is 0.497 e. The molecule has 21 heavy (non-hydrogen) atoms. The molecule has 0 aromatic heterocycles. The van der Waals surface area contributed by atoms with Gasteiger partial charge in [0.15, 0.2) is 0 Å². The average Bonchev–Trinajstić information content (AvgIpc) is 2.49. The zero-order chi connectivity index (χ0) is 14.8. The fourth-order valence-corrected chi connectivity index (χ4v) is 1.88. The molecule has 1 amide bonds. The molecule has 0 fully saturated rings. The molecule has 0 aliphatic heterocycles. The van der Waals surface area contributed by atoms with Gasteiger partial charge in [0.05, 0.1) is 26.3 Å². The zero-order valence-electron chi connectivity index (χ0n) is 12.8. The lowest BCUT2D eigenvalue weighted by Crippen LogP contribution is -2.37. The van der Waals surface area contributed by atoms with Crippen molar-refractivity contribution in [2.24, 2.45) is 0 Å². The number of carbonyl (C=O) groups is 1. The first kappa shape index (κ1) is 19.7. The number of ether oxygens (including phenoxy) is 2. The number of methoxy groups -OCH3 is 2. The van der Waals surface area contributed by atoms with E-state index in [1.807, 2.05) is 31.2 Å². The zero-order valence-corrected chi connectivity index (χ0v) is 13.7. The van der Waals surface area contributed by atoms with Crippen molar-refractivity contribution in [3.8, 4) is 5.75 Å². The third-order valence-corrected chi connectivity index (χ3v) is 3.03. The summed E-state index contributed by atoms with van der Waals surface area (Å²) in [5.41, 5.74) is 1.08. The molecular formula is C15H25ClN2O3. The van der Waals surface area contributed by atoms with E-state index in [2.05, 4.69) is 10.6 Å². The maximum Gasteiger partial charge on any atom is 0.234 e. The summed E-state index contributed by atoms with van der Waals surface area (Å²) in [5, 5.41) is 6.04. The molecular weight excluding hydrogens is 292 g/mol. The molecule has 0 radical (unpaired) electrons. The number of amides is 1. The van der Waals surface area contributed by atoms with Crippen LogP contribution in [0.4, 0.5) is 0 Å². The highest BCUT2D eigenvalue weighted by atomic mass is 35.5. The summed E-state index contributed by atoms with van der Waals surface area (Å²) < 4.78 is 10.0. The number of halogens is 1. The number of carbonyl (C=O) groups excluding carboxylic acids is 1. The van der Waals surface area contributed by atoms with Gasteiger partial charge in [0, 0.05) is 13.7 Å². The van der Waals surface area contributed by atoms with Crippen LogP contribution >= 0.6 is 12.4 Å². The first-order chi connectivity index (χ1) is 9.71. The van der Waals surface area contributed by atoms with E-state index < -0.39 is 0 Å². The molecule has 0 aliphatic carbocycles. The van der Waals surface area contributed by atoms with Gasteiger partial charge in [-0.3, -0.25) is 4.79 Å². The fourth-order valence-electron chi connectivity index (χ4n) is 1.88. The van der Waals surface area contributed by atoms with Gasteiger partial charge in [-0.25, -0.2) is 0 Å². The average molecular weight is 317 g/mol. The van der Waals surface area contributed by atoms with E-state index in [0.717, 1.165) is 17.7 Å². The van der Waals surface area contributed by atoms with Crippen molar-refractivity contribution in [3.63, 3.8) is 0 Å². The monoisotopic (exact) mass is 316 g/mol. The van der Waals surface area contributed by atoms with Gasteiger partial charge in [-0.2, -0.15) is 0 Å². The molecule has 120 valence electrons. The fraction of sp³-hybridized carbons (Fsp3) is 0.533. The highest BCUT2D eigenvalue weighted by Crippen LogP contribution is 2.19. The number of rotatable bonds is 9. The van der Waals surface area contributed by atoms with Crippen molar-refractivity contribution in [2.75, 3.05) is 33.9 Å². The van der Waals surface area contributed by atoms with E-state index in [1.54, 1.807) is 14.2 Å². The van der Waals surface area contributed by atoms with E-state index in [-0.39, 0.29) is 24.4 Å². The maximum atomic E-state index is 11.8. The van der Waals surface area contributed by atoms with Gasteiger partial charge in [0.25, 0.3) is 0 Å². The molecule has 0 aliphatic rings. The Bertz CT molecular complexity index is 398. The summed E-state index contributed by atoms with van der Waals surface area (Å²) in [7, 11) is 3.28. The summed E-state index contributed by atoms with van der Waals surface area (Å²) in [4.78, 5) is 11.8. The van der Waals surface area contributed by atoms with Crippen LogP contribution in [0.15, 0.2) is 24.3 Å². The summed E-state index contributed by atoms with van der Waals surface area (Å²) in [6.07, 6.45) is 0.843. The van der Waals surface area contributed by atoms with Crippen molar-refractivity contribution in [1.29, 1.82) is 0 Å². The minimum absolute atomic E-state index is 0. The molecule has 0 bridgehead atoms. The lowest BCUT2D eigenvalue weighted by atomic mass is 10.0. The van der Waals surface area contributed by atoms with Crippen molar-refractivity contribution in [1.82, 2.24) is 10.6 Å². The topological polar surface area (TPSA) is 59.6 Å². The third-order valence-electron chi connectivity index (χ3n) is 3.03. The second kappa shape index (κ2) is 11.4. The molecule has 1 aromatic carbocycles. The Balaban J connectivity index is 0.00000400. The number of nitrogens with one attached hydrogen (secondary N) is 2. The Hall–Kier alpha value is -1.30. The van der Waals surface area contributed by atoms with E-state index in [1.165, 1.54) is 0 Å². The van der Waals surface area contributed by atoms with Crippen LogP contribution in [0.5, 0.6) is 5.75 Å². The van der Waals surface area contributed by atoms with E-state index in [0.29, 0.717) is 19.7 Å². The van der Waals surface area contributed by atoms with Crippen molar-refractivity contribution < 1.29 is 14.3 Å². The summed E-state index contributed by atoms with van der Waals surface area (Å²) in [6, 6.07) is 7.79. The number of hydrogen-bond acceptors (Lipinski definition) is 4. The molecule has 0 saturated heterocycles. The van der Waals surface area contributed by atoms with Crippen LogP contribution in [0.25, 0.3) is 0 Å². The second-order valence-electron chi connectivity index (χ2n) is 4.47. The second-order valence-corrected chi connectivity index (χ2v) is 4.47. The molecule has 5 nitrogen and oxygen atoms in total. The van der Waals surface area contributed by atoms with Crippen LogP contribution in [0.3, 0.4) is 0 Å². The number of benzene rings is 1. The van der Waals surface area contributed by atoms with Crippen molar-refractivity contribution in [2.45, 2.75) is 19.4 Å². The molecule has 0 saturated carbocycles. The summed E-state index contributed by atoms with van der Waals surface area (Å²) in [5.74, 6) is 0.805. The van der Waals surface area contributed by atoms with Gasteiger partial charge in [-0.1, -0.05) is 19.1 Å². The smallest absolute Gasteiger partial charge is 0.234 e. The third kappa shape index (κ3) is 7.32. The molecule has 6 heteroatoms. The standard InChI is InChI=1S/C15H24N2O3.ClH/c1-4-14(12-5-7-13(20-3)8-6-12)17-15(18)11-16-9-10-19-2;/h5-8,14,16H,4,9-11H2,1-3H3,(H,17,18);1H. The van der Waals surface area contributed by atoms with Gasteiger partial charge in [-0.15, -0.1) is 12.4 Å². The van der Waals surface area contributed by atoms with Crippen LogP contribution in [0.2, 0.25) is 0 Å². The lowest BCUT2D eigenvalue weighted by Gasteiger charge is -2.18. The molecule has 0 spiro atoms. The van der Waals surface area contributed by atoms with Crippen LogP contribution in [-0.4, -0.2) is 39.8 Å². The minimum Gasteiger partial charge on any atom is -0.497 e. The van der Waals surface area contributed by atoms with Crippen LogP contribution in [-0.2, 0) is 9.53 Å². The van der Waals surface area contributed by atoms with Gasteiger partial charge in [-0.05, 0) is 24.1 Å². The van der Waals surface area contributed by atoms with Crippen molar-refractivity contribution >= 4 is 18.3 Å². The van der Waals surface area contributed by atoms with Crippen LogP contribution < -0.4 is 15.4 Å². The molecule has 0 heterocycles. The Labute approximate surface area is 132 Å². The predicted octanol–water partition coefficient (Wildman–Crippen LogP) is 1.92. The van der Waals surface area contributed by atoms with Gasteiger partial charge in [0.2, 0.25) is 5.91 Å². The molecule has 1 atom stereocenters. The van der Waals surface area contributed by atoms with Gasteiger partial charge >= 0.3 is 0 Å². The van der Waals surface area contributed by atoms with Crippen LogP contribution in [0.1, 0.15) is 24.9 Å². The Kier molecular flexibility index (Phi) is 10.7. The quantitative estimate of drug-likeness (QED) is 0.683. The highest BCUT2D eigenvalue weighted by molar-refractivity contribution is 5.85. The predicted molar refractivity (Wildman–Crippen MR) is 86.2 cm³/mol. The Morgan fingerprint density at radius 3 is 2.43 bits per heavy atom. The van der Waals surface area contributed by atoms with Crippen molar-refractivity contribution in [3.05, 3.63) is 29.8 Å². The summed E-state index contributed by atoms with van der Waals surface area (Å²) >= 11 is 0.